The summed E-state index contributed by atoms with van der Waals surface area (Å²) < 4.78 is 54.3. The van der Waals surface area contributed by atoms with Gasteiger partial charge in [0.2, 0.25) is 0 Å². The van der Waals surface area contributed by atoms with Crippen LogP contribution >= 0.6 is 0 Å². The summed E-state index contributed by atoms with van der Waals surface area (Å²) in [5.41, 5.74) is 8.31. The van der Waals surface area contributed by atoms with Gasteiger partial charge in [0, 0.05) is 11.6 Å². The summed E-state index contributed by atoms with van der Waals surface area (Å²) in [7, 11) is 0. The molecule has 0 fully saturated rings. The Balaban J connectivity index is 1.95. The van der Waals surface area contributed by atoms with Gasteiger partial charge in [-0.1, -0.05) is 43.3 Å². The van der Waals surface area contributed by atoms with Crippen LogP contribution in [-0.2, 0) is 0 Å². The Morgan fingerprint density at radius 1 is 0.731 bits per heavy atom. The lowest BCUT2D eigenvalue weighted by molar-refractivity contribution is 0.447. The van der Waals surface area contributed by atoms with Gasteiger partial charge in [0.05, 0.1) is 0 Å². The van der Waals surface area contributed by atoms with E-state index in [9.17, 15) is 17.6 Å². The third kappa shape index (κ3) is 3.48. The van der Waals surface area contributed by atoms with Crippen molar-refractivity contribution in [2.45, 2.75) is 19.4 Å². The molecule has 0 heterocycles. The molecule has 0 aromatic heterocycles. The molecule has 134 valence electrons. The molecule has 0 aliphatic heterocycles. The van der Waals surface area contributed by atoms with Gasteiger partial charge in [-0.3, -0.25) is 0 Å². The molecule has 0 radical (unpaired) electrons. The molecular weight excluding hydrogens is 342 g/mol. The smallest absolute Gasteiger partial charge is 0.194 e. The second-order valence-corrected chi connectivity index (χ2v) is 6.09. The average Bonchev–Trinajstić information content (AvgIpc) is 2.65. The maximum atomic E-state index is 14.5. The van der Waals surface area contributed by atoms with Crippen molar-refractivity contribution in [2.75, 3.05) is 0 Å². The van der Waals surface area contributed by atoms with Crippen LogP contribution in [0.25, 0.3) is 22.3 Å². The van der Waals surface area contributed by atoms with E-state index in [1.54, 1.807) is 6.07 Å². The highest BCUT2D eigenvalue weighted by Gasteiger charge is 2.14. The fraction of sp³-hybridized carbons (Fsp3) is 0.143. The third-order valence-electron chi connectivity index (χ3n) is 4.38. The van der Waals surface area contributed by atoms with Crippen LogP contribution in [0.2, 0.25) is 0 Å². The Kier molecular flexibility index (Phi) is 5.09. The van der Waals surface area contributed by atoms with E-state index in [1.165, 1.54) is 12.1 Å². The van der Waals surface area contributed by atoms with Crippen LogP contribution in [0.5, 0.6) is 0 Å². The first-order valence-electron chi connectivity index (χ1n) is 8.21. The molecule has 3 aromatic carbocycles. The maximum Gasteiger partial charge on any atom is 0.194 e. The van der Waals surface area contributed by atoms with Crippen LogP contribution in [0, 0.1) is 23.3 Å². The van der Waals surface area contributed by atoms with Crippen LogP contribution in [0.1, 0.15) is 24.9 Å². The largest absolute Gasteiger partial charge is 0.324 e. The molecule has 0 saturated carbocycles. The Morgan fingerprint density at radius 3 is 1.81 bits per heavy atom. The second-order valence-electron chi connectivity index (χ2n) is 6.09. The van der Waals surface area contributed by atoms with E-state index in [-0.39, 0.29) is 17.2 Å². The van der Waals surface area contributed by atoms with Gasteiger partial charge in [-0.25, -0.2) is 17.6 Å². The number of halogens is 4. The van der Waals surface area contributed by atoms with Gasteiger partial charge in [-0.05, 0) is 46.9 Å². The van der Waals surface area contributed by atoms with Crippen LogP contribution in [-0.4, -0.2) is 0 Å². The fourth-order valence-corrected chi connectivity index (χ4v) is 2.80. The van der Waals surface area contributed by atoms with E-state index in [0.717, 1.165) is 29.7 Å². The van der Waals surface area contributed by atoms with Crippen LogP contribution in [0.4, 0.5) is 17.6 Å². The number of nitrogens with two attached hydrogens (primary N) is 1. The summed E-state index contributed by atoms with van der Waals surface area (Å²) in [4.78, 5) is 0. The molecule has 0 spiro atoms. The lowest BCUT2D eigenvalue weighted by Gasteiger charge is -2.11. The van der Waals surface area contributed by atoms with Crippen LogP contribution in [0.15, 0.2) is 54.6 Å². The summed E-state index contributed by atoms with van der Waals surface area (Å²) in [6, 6.07) is 13.3. The van der Waals surface area contributed by atoms with Crippen molar-refractivity contribution in [3.05, 3.63) is 83.4 Å². The third-order valence-corrected chi connectivity index (χ3v) is 4.38. The summed E-state index contributed by atoms with van der Waals surface area (Å²) in [6.45, 7) is 1.99. The highest BCUT2D eigenvalue weighted by Crippen LogP contribution is 2.30. The topological polar surface area (TPSA) is 26.0 Å². The lowest BCUT2D eigenvalue weighted by Crippen LogP contribution is -2.08. The molecule has 2 N–H and O–H groups in total. The SMILES string of the molecule is CCC(N)c1ccc(-c2ccc(-c3cc(F)c(F)c(F)c3)c(F)c2)cc1. The van der Waals surface area contributed by atoms with Crippen molar-refractivity contribution in [1.29, 1.82) is 0 Å². The number of hydrogen-bond acceptors (Lipinski definition) is 1. The monoisotopic (exact) mass is 359 g/mol. The van der Waals surface area contributed by atoms with Crippen molar-refractivity contribution >= 4 is 0 Å². The molecular formula is C21H17F4N. The first-order chi connectivity index (χ1) is 12.4. The van der Waals surface area contributed by atoms with E-state index in [1.807, 2.05) is 31.2 Å². The van der Waals surface area contributed by atoms with Gasteiger partial charge < -0.3 is 5.73 Å². The molecule has 1 atom stereocenters. The van der Waals surface area contributed by atoms with Crippen molar-refractivity contribution in [3.8, 4) is 22.3 Å². The zero-order chi connectivity index (χ0) is 18.8. The van der Waals surface area contributed by atoms with Crippen molar-refractivity contribution < 1.29 is 17.6 Å². The van der Waals surface area contributed by atoms with E-state index in [2.05, 4.69) is 0 Å². The normalized spacial score (nSPS) is 12.2. The van der Waals surface area contributed by atoms with Gasteiger partial charge in [-0.15, -0.1) is 0 Å². The van der Waals surface area contributed by atoms with E-state index < -0.39 is 23.3 Å². The van der Waals surface area contributed by atoms with Gasteiger partial charge >= 0.3 is 0 Å². The zero-order valence-electron chi connectivity index (χ0n) is 14.1. The maximum absolute atomic E-state index is 14.5. The molecule has 5 heteroatoms. The van der Waals surface area contributed by atoms with E-state index >= 15 is 0 Å². The molecule has 3 rings (SSSR count). The predicted molar refractivity (Wildman–Crippen MR) is 94.4 cm³/mol. The standard InChI is InChI=1S/C21H17F4N/c1-2-20(26)13-5-3-12(4-6-13)14-7-8-16(17(22)9-14)15-10-18(23)21(25)19(24)11-15/h3-11,20H,2,26H2,1H3. The predicted octanol–water partition coefficient (Wildman–Crippen LogP) is 5.99. The molecule has 0 aliphatic carbocycles. The molecule has 0 saturated heterocycles. The summed E-state index contributed by atoms with van der Waals surface area (Å²) >= 11 is 0. The molecule has 0 bridgehead atoms. The molecule has 3 aromatic rings. The molecule has 1 unspecified atom stereocenters. The highest BCUT2D eigenvalue weighted by atomic mass is 19.2. The average molecular weight is 359 g/mol. The molecule has 0 amide bonds. The van der Waals surface area contributed by atoms with Gasteiger partial charge in [0.1, 0.15) is 5.82 Å². The van der Waals surface area contributed by atoms with Crippen molar-refractivity contribution in [1.82, 2.24) is 0 Å². The second kappa shape index (κ2) is 7.30. The Bertz CT molecular complexity index is 912. The first-order valence-corrected chi connectivity index (χ1v) is 8.21. The van der Waals surface area contributed by atoms with Crippen LogP contribution in [0.3, 0.4) is 0 Å². The summed E-state index contributed by atoms with van der Waals surface area (Å²) in [6.07, 6.45) is 0.813. The minimum absolute atomic E-state index is 0.00354. The zero-order valence-corrected chi connectivity index (χ0v) is 14.1. The van der Waals surface area contributed by atoms with Gasteiger partial charge in [-0.2, -0.15) is 0 Å². The van der Waals surface area contributed by atoms with E-state index in [4.69, 9.17) is 5.73 Å². The minimum atomic E-state index is -1.57. The van der Waals surface area contributed by atoms with Crippen molar-refractivity contribution in [2.24, 2.45) is 5.73 Å². The summed E-state index contributed by atoms with van der Waals surface area (Å²) in [5, 5.41) is 0. The molecule has 0 aliphatic rings. The molecule has 26 heavy (non-hydrogen) atoms. The lowest BCUT2D eigenvalue weighted by atomic mass is 9.97. The Morgan fingerprint density at radius 2 is 1.27 bits per heavy atom. The van der Waals surface area contributed by atoms with Gasteiger partial charge in [0.15, 0.2) is 17.5 Å². The number of rotatable bonds is 4. The van der Waals surface area contributed by atoms with Crippen molar-refractivity contribution in [3.63, 3.8) is 0 Å². The number of benzene rings is 3. The minimum Gasteiger partial charge on any atom is -0.324 e. The van der Waals surface area contributed by atoms with Gasteiger partial charge in [0.25, 0.3) is 0 Å². The highest BCUT2D eigenvalue weighted by molar-refractivity contribution is 5.71. The molecule has 1 nitrogen and oxygen atoms in total. The number of hydrogen-bond donors (Lipinski definition) is 1. The Labute approximate surface area is 149 Å². The first kappa shape index (κ1) is 18.1. The van der Waals surface area contributed by atoms with Crippen LogP contribution < -0.4 is 5.73 Å². The quantitative estimate of drug-likeness (QED) is 0.450. The summed E-state index contributed by atoms with van der Waals surface area (Å²) in [5.74, 6) is -4.93. The van der Waals surface area contributed by atoms with E-state index in [0.29, 0.717) is 5.56 Å². The fourth-order valence-electron chi connectivity index (χ4n) is 2.80. The Hall–Kier alpha value is -2.66.